The summed E-state index contributed by atoms with van der Waals surface area (Å²) < 4.78 is 0. The van der Waals surface area contributed by atoms with Gasteiger partial charge in [0.2, 0.25) is 0 Å². The number of amides is 1. The molecule has 2 aromatic rings. The van der Waals surface area contributed by atoms with Crippen LogP contribution in [0.3, 0.4) is 0 Å². The fourth-order valence-electron chi connectivity index (χ4n) is 1.80. The maximum absolute atomic E-state index is 12.3. The van der Waals surface area contributed by atoms with E-state index in [0.717, 1.165) is 5.56 Å². The van der Waals surface area contributed by atoms with Gasteiger partial charge in [-0.05, 0) is 36.8 Å². The van der Waals surface area contributed by atoms with Crippen LogP contribution in [0.2, 0.25) is 0 Å². The number of anilines is 2. The fourth-order valence-corrected chi connectivity index (χ4v) is 1.80. The van der Waals surface area contributed by atoms with Crippen molar-refractivity contribution < 1.29 is 4.79 Å². The standard InChI is InChI=1S/C15H14N4O/c1-10-5-6-11(9-16)8-13(10)19-15(20)12-4-3-7-18-14(12)17-2/h3-8H,1-2H3,(H,17,18)(H,19,20). The van der Waals surface area contributed by atoms with Crippen LogP contribution in [0.4, 0.5) is 11.5 Å². The van der Waals surface area contributed by atoms with Crippen molar-refractivity contribution in [2.75, 3.05) is 17.7 Å². The largest absolute Gasteiger partial charge is 0.372 e. The van der Waals surface area contributed by atoms with Gasteiger partial charge in [-0.15, -0.1) is 0 Å². The van der Waals surface area contributed by atoms with Gasteiger partial charge >= 0.3 is 0 Å². The summed E-state index contributed by atoms with van der Waals surface area (Å²) in [7, 11) is 1.71. The van der Waals surface area contributed by atoms with E-state index in [9.17, 15) is 4.79 Å². The fraction of sp³-hybridized carbons (Fsp3) is 0.133. The van der Waals surface area contributed by atoms with Gasteiger partial charge in [-0.3, -0.25) is 4.79 Å². The van der Waals surface area contributed by atoms with Gasteiger partial charge in [-0.25, -0.2) is 4.98 Å². The minimum Gasteiger partial charge on any atom is -0.372 e. The predicted molar refractivity (Wildman–Crippen MR) is 77.6 cm³/mol. The van der Waals surface area contributed by atoms with Crippen molar-refractivity contribution in [3.8, 4) is 6.07 Å². The lowest BCUT2D eigenvalue weighted by Crippen LogP contribution is -2.15. The van der Waals surface area contributed by atoms with Gasteiger partial charge in [0.25, 0.3) is 5.91 Å². The van der Waals surface area contributed by atoms with E-state index in [1.807, 2.05) is 6.92 Å². The minimum absolute atomic E-state index is 0.263. The normalized spacial score (nSPS) is 9.65. The molecule has 1 amide bonds. The Bertz CT molecular complexity index is 689. The zero-order chi connectivity index (χ0) is 14.5. The van der Waals surface area contributed by atoms with Gasteiger partial charge in [0.1, 0.15) is 5.82 Å². The molecule has 0 aliphatic rings. The molecule has 0 radical (unpaired) electrons. The Balaban J connectivity index is 2.30. The molecule has 5 heteroatoms. The number of rotatable bonds is 3. The molecule has 0 fully saturated rings. The minimum atomic E-state index is -0.263. The third-order valence-electron chi connectivity index (χ3n) is 2.90. The molecule has 2 N–H and O–H groups in total. The lowest BCUT2D eigenvalue weighted by atomic mass is 10.1. The molecule has 0 aliphatic carbocycles. The van der Waals surface area contributed by atoms with Crippen molar-refractivity contribution in [1.29, 1.82) is 5.26 Å². The van der Waals surface area contributed by atoms with Crippen molar-refractivity contribution in [2.45, 2.75) is 6.92 Å². The molecular weight excluding hydrogens is 252 g/mol. The summed E-state index contributed by atoms with van der Waals surface area (Å²) in [4.78, 5) is 16.4. The summed E-state index contributed by atoms with van der Waals surface area (Å²) in [5, 5.41) is 14.6. The number of benzene rings is 1. The number of nitriles is 1. The maximum Gasteiger partial charge on any atom is 0.259 e. The second-order valence-electron chi connectivity index (χ2n) is 4.25. The van der Waals surface area contributed by atoms with E-state index in [2.05, 4.69) is 21.7 Å². The number of pyridine rings is 1. The highest BCUT2D eigenvalue weighted by Gasteiger charge is 2.12. The molecule has 5 nitrogen and oxygen atoms in total. The van der Waals surface area contributed by atoms with Crippen molar-refractivity contribution in [3.63, 3.8) is 0 Å². The SMILES string of the molecule is CNc1ncccc1C(=O)Nc1cc(C#N)ccc1C. The molecule has 0 spiro atoms. The number of carbonyl (C=O) groups excluding carboxylic acids is 1. The highest BCUT2D eigenvalue weighted by molar-refractivity contribution is 6.07. The first-order valence-electron chi connectivity index (χ1n) is 6.10. The third-order valence-corrected chi connectivity index (χ3v) is 2.90. The van der Waals surface area contributed by atoms with Crippen molar-refractivity contribution in [3.05, 3.63) is 53.2 Å². The van der Waals surface area contributed by atoms with Crippen LogP contribution in [0, 0.1) is 18.3 Å². The summed E-state index contributed by atoms with van der Waals surface area (Å²) >= 11 is 0. The average Bonchev–Trinajstić information content (AvgIpc) is 2.49. The zero-order valence-corrected chi connectivity index (χ0v) is 11.3. The van der Waals surface area contributed by atoms with Crippen LogP contribution in [0.1, 0.15) is 21.5 Å². The van der Waals surface area contributed by atoms with Crippen molar-refractivity contribution >= 4 is 17.4 Å². The Morgan fingerprint density at radius 3 is 2.85 bits per heavy atom. The molecule has 0 unspecified atom stereocenters. The number of aryl methyl sites for hydroxylation is 1. The molecule has 1 aromatic carbocycles. The smallest absolute Gasteiger partial charge is 0.259 e. The Morgan fingerprint density at radius 2 is 2.15 bits per heavy atom. The second-order valence-corrected chi connectivity index (χ2v) is 4.25. The molecule has 0 bridgehead atoms. The lowest BCUT2D eigenvalue weighted by molar-refractivity contribution is 0.102. The van der Waals surface area contributed by atoms with Crippen LogP contribution in [0.5, 0.6) is 0 Å². The van der Waals surface area contributed by atoms with Gasteiger partial charge in [0, 0.05) is 18.9 Å². The number of hydrogen-bond acceptors (Lipinski definition) is 4. The monoisotopic (exact) mass is 266 g/mol. The van der Waals surface area contributed by atoms with E-state index in [4.69, 9.17) is 5.26 Å². The summed E-state index contributed by atoms with van der Waals surface area (Å²) in [6.45, 7) is 1.87. The van der Waals surface area contributed by atoms with E-state index in [-0.39, 0.29) is 5.91 Å². The van der Waals surface area contributed by atoms with Gasteiger partial charge in [0.15, 0.2) is 0 Å². The maximum atomic E-state index is 12.3. The summed E-state index contributed by atoms with van der Waals surface area (Å²) in [6.07, 6.45) is 1.62. The average molecular weight is 266 g/mol. The van der Waals surface area contributed by atoms with Gasteiger partial charge in [0.05, 0.1) is 17.2 Å². The molecule has 100 valence electrons. The number of aromatic nitrogens is 1. The van der Waals surface area contributed by atoms with Crippen LogP contribution < -0.4 is 10.6 Å². The molecule has 20 heavy (non-hydrogen) atoms. The van der Waals surface area contributed by atoms with Crippen LogP contribution in [-0.2, 0) is 0 Å². The van der Waals surface area contributed by atoms with Crippen LogP contribution >= 0.6 is 0 Å². The summed E-state index contributed by atoms with van der Waals surface area (Å²) in [5.74, 6) is 0.250. The van der Waals surface area contributed by atoms with E-state index in [1.165, 1.54) is 0 Å². The molecule has 1 heterocycles. The Morgan fingerprint density at radius 1 is 1.35 bits per heavy atom. The number of nitrogens with zero attached hydrogens (tertiary/aromatic N) is 2. The summed E-state index contributed by atoms with van der Waals surface area (Å²) in [5.41, 5.74) is 2.48. The van der Waals surface area contributed by atoms with Crippen LogP contribution in [0.25, 0.3) is 0 Å². The third kappa shape index (κ3) is 2.75. The van der Waals surface area contributed by atoms with Gasteiger partial charge < -0.3 is 10.6 Å². The first kappa shape index (κ1) is 13.6. The van der Waals surface area contributed by atoms with Gasteiger partial charge in [-0.2, -0.15) is 5.26 Å². The first-order chi connectivity index (χ1) is 9.65. The highest BCUT2D eigenvalue weighted by atomic mass is 16.1. The van der Waals surface area contributed by atoms with Crippen LogP contribution in [-0.4, -0.2) is 17.9 Å². The van der Waals surface area contributed by atoms with Gasteiger partial charge in [-0.1, -0.05) is 6.07 Å². The zero-order valence-electron chi connectivity index (χ0n) is 11.3. The molecular formula is C15H14N4O. The molecule has 0 atom stereocenters. The number of nitrogens with one attached hydrogen (secondary N) is 2. The number of carbonyl (C=O) groups is 1. The quantitative estimate of drug-likeness (QED) is 0.895. The Kier molecular flexibility index (Phi) is 3.96. The number of hydrogen-bond donors (Lipinski definition) is 2. The summed E-state index contributed by atoms with van der Waals surface area (Å²) in [6, 6.07) is 10.6. The van der Waals surface area contributed by atoms with E-state index < -0.39 is 0 Å². The first-order valence-corrected chi connectivity index (χ1v) is 6.10. The lowest BCUT2D eigenvalue weighted by Gasteiger charge is -2.11. The van der Waals surface area contributed by atoms with E-state index >= 15 is 0 Å². The van der Waals surface area contributed by atoms with E-state index in [0.29, 0.717) is 22.6 Å². The Labute approximate surface area is 117 Å². The molecule has 1 aromatic heterocycles. The van der Waals surface area contributed by atoms with Crippen molar-refractivity contribution in [1.82, 2.24) is 4.98 Å². The van der Waals surface area contributed by atoms with E-state index in [1.54, 1.807) is 43.6 Å². The molecule has 0 saturated carbocycles. The molecule has 0 saturated heterocycles. The second kappa shape index (κ2) is 5.85. The van der Waals surface area contributed by atoms with Crippen LogP contribution in [0.15, 0.2) is 36.5 Å². The Hall–Kier alpha value is -2.87. The molecule has 0 aliphatic heterocycles. The highest BCUT2D eigenvalue weighted by Crippen LogP contribution is 2.19. The molecule has 2 rings (SSSR count). The van der Waals surface area contributed by atoms with Crippen molar-refractivity contribution in [2.24, 2.45) is 0 Å². The predicted octanol–water partition coefficient (Wildman–Crippen LogP) is 2.56. The topological polar surface area (TPSA) is 77.8 Å².